The number of aryl methyl sites for hydroxylation is 2. The van der Waals surface area contributed by atoms with Crippen LogP contribution in [-0.2, 0) is 11.8 Å². The van der Waals surface area contributed by atoms with E-state index in [4.69, 9.17) is 4.74 Å². The first-order chi connectivity index (χ1) is 10.0. The molecule has 0 saturated heterocycles. The molecule has 0 aliphatic carbocycles. The molecule has 2 aromatic rings. The van der Waals surface area contributed by atoms with Gasteiger partial charge >= 0.3 is 0 Å². The Morgan fingerprint density at radius 3 is 2.81 bits per heavy atom. The molecule has 0 aromatic carbocycles. The highest BCUT2D eigenvalue weighted by atomic mass is 32.1. The lowest BCUT2D eigenvalue weighted by molar-refractivity contribution is 0.0836. The van der Waals surface area contributed by atoms with E-state index in [1.54, 1.807) is 37.8 Å². The third-order valence-electron chi connectivity index (χ3n) is 3.18. The van der Waals surface area contributed by atoms with Crippen LogP contribution in [0.15, 0.2) is 35.3 Å². The van der Waals surface area contributed by atoms with Gasteiger partial charge in [-0.15, -0.1) is 11.3 Å². The van der Waals surface area contributed by atoms with E-state index in [0.717, 1.165) is 4.88 Å². The van der Waals surface area contributed by atoms with Crippen LogP contribution < -0.4 is 10.9 Å². The molecule has 0 radical (unpaired) electrons. The van der Waals surface area contributed by atoms with E-state index in [9.17, 15) is 9.59 Å². The first-order valence-electron chi connectivity index (χ1n) is 6.56. The second-order valence-corrected chi connectivity index (χ2v) is 6.04. The molecule has 6 heteroatoms. The third kappa shape index (κ3) is 3.59. The van der Waals surface area contributed by atoms with Gasteiger partial charge in [0.2, 0.25) is 0 Å². The maximum atomic E-state index is 12.1. The molecule has 21 heavy (non-hydrogen) atoms. The standard InChI is InChI=1S/C15H18N2O3S/c1-10-6-7-13(21-10)12(20-3)9-16-14(18)11-5-4-8-17(2)15(11)19/h4-8,12H,9H2,1-3H3,(H,16,18). The monoisotopic (exact) mass is 306 g/mol. The van der Waals surface area contributed by atoms with Crippen LogP contribution in [0.5, 0.6) is 0 Å². The van der Waals surface area contributed by atoms with Gasteiger partial charge in [-0.25, -0.2) is 0 Å². The molecule has 1 atom stereocenters. The number of carbonyl (C=O) groups is 1. The van der Waals surface area contributed by atoms with Crippen molar-refractivity contribution < 1.29 is 9.53 Å². The Balaban J connectivity index is 2.06. The van der Waals surface area contributed by atoms with Gasteiger partial charge in [-0.2, -0.15) is 0 Å². The number of hydrogen-bond donors (Lipinski definition) is 1. The number of nitrogens with one attached hydrogen (secondary N) is 1. The summed E-state index contributed by atoms with van der Waals surface area (Å²) < 4.78 is 6.78. The maximum Gasteiger partial charge on any atom is 0.263 e. The number of nitrogens with zero attached hydrogens (tertiary/aromatic N) is 1. The van der Waals surface area contributed by atoms with Crippen molar-refractivity contribution in [3.63, 3.8) is 0 Å². The molecule has 2 rings (SSSR count). The van der Waals surface area contributed by atoms with Crippen molar-refractivity contribution in [3.05, 3.63) is 56.1 Å². The molecule has 0 bridgehead atoms. The van der Waals surface area contributed by atoms with E-state index in [-0.39, 0.29) is 23.1 Å². The van der Waals surface area contributed by atoms with Crippen molar-refractivity contribution in [2.45, 2.75) is 13.0 Å². The zero-order valence-corrected chi connectivity index (χ0v) is 13.1. The molecule has 0 spiro atoms. The molecule has 1 unspecified atom stereocenters. The molecule has 0 aliphatic heterocycles. The Kier molecular flexibility index (Phi) is 4.93. The average Bonchev–Trinajstić information content (AvgIpc) is 2.89. The van der Waals surface area contributed by atoms with E-state index in [1.807, 2.05) is 19.1 Å². The summed E-state index contributed by atoms with van der Waals surface area (Å²) in [7, 11) is 3.22. The van der Waals surface area contributed by atoms with Crippen molar-refractivity contribution in [3.8, 4) is 0 Å². The molecule has 2 heterocycles. The smallest absolute Gasteiger partial charge is 0.263 e. The summed E-state index contributed by atoms with van der Waals surface area (Å²) >= 11 is 1.63. The van der Waals surface area contributed by atoms with Gasteiger partial charge in [0, 0.05) is 36.7 Å². The molecule has 0 aliphatic rings. The molecule has 2 aromatic heterocycles. The molecule has 1 N–H and O–H groups in total. The fourth-order valence-corrected chi connectivity index (χ4v) is 2.93. The van der Waals surface area contributed by atoms with Gasteiger partial charge in [0.1, 0.15) is 11.7 Å². The maximum absolute atomic E-state index is 12.1. The largest absolute Gasteiger partial charge is 0.374 e. The lowest BCUT2D eigenvalue weighted by Crippen LogP contribution is -2.34. The van der Waals surface area contributed by atoms with E-state index >= 15 is 0 Å². The summed E-state index contributed by atoms with van der Waals surface area (Å²) in [4.78, 5) is 26.2. The number of hydrogen-bond acceptors (Lipinski definition) is 4. The Morgan fingerprint density at radius 2 is 2.19 bits per heavy atom. The zero-order chi connectivity index (χ0) is 15.4. The van der Waals surface area contributed by atoms with Crippen molar-refractivity contribution >= 4 is 17.2 Å². The topological polar surface area (TPSA) is 60.3 Å². The van der Waals surface area contributed by atoms with Crippen LogP contribution >= 0.6 is 11.3 Å². The lowest BCUT2D eigenvalue weighted by Gasteiger charge is -2.14. The van der Waals surface area contributed by atoms with Gasteiger partial charge in [-0.05, 0) is 31.2 Å². The molecule has 1 amide bonds. The minimum Gasteiger partial charge on any atom is -0.374 e. The molecule has 0 saturated carbocycles. The Labute approximate surface area is 127 Å². The summed E-state index contributed by atoms with van der Waals surface area (Å²) in [6, 6.07) is 7.20. The minimum absolute atomic E-state index is 0.136. The highest BCUT2D eigenvalue weighted by molar-refractivity contribution is 7.12. The second kappa shape index (κ2) is 6.69. The van der Waals surface area contributed by atoms with Crippen molar-refractivity contribution in [1.29, 1.82) is 0 Å². The number of rotatable bonds is 5. The summed E-state index contributed by atoms with van der Waals surface area (Å²) in [5.41, 5.74) is -0.173. The quantitative estimate of drug-likeness (QED) is 0.917. The third-order valence-corrected chi connectivity index (χ3v) is 4.27. The van der Waals surface area contributed by atoms with Gasteiger partial charge in [0.25, 0.3) is 11.5 Å². The number of ether oxygens (including phenoxy) is 1. The predicted octanol–water partition coefficient (Wildman–Crippen LogP) is 1.87. The molecular formula is C15H18N2O3S. The number of pyridine rings is 1. The molecule has 5 nitrogen and oxygen atoms in total. The van der Waals surface area contributed by atoms with Gasteiger partial charge in [0.05, 0.1) is 0 Å². The van der Waals surface area contributed by atoms with Crippen LogP contribution in [0.25, 0.3) is 0 Å². The van der Waals surface area contributed by atoms with Crippen LogP contribution in [-0.4, -0.2) is 24.1 Å². The zero-order valence-electron chi connectivity index (χ0n) is 12.3. The van der Waals surface area contributed by atoms with Crippen LogP contribution in [0.3, 0.4) is 0 Å². The van der Waals surface area contributed by atoms with Gasteiger partial charge in [-0.3, -0.25) is 9.59 Å². The summed E-state index contributed by atoms with van der Waals surface area (Å²) in [6.45, 7) is 2.35. The van der Waals surface area contributed by atoms with Gasteiger partial charge in [0.15, 0.2) is 0 Å². The van der Waals surface area contributed by atoms with Crippen LogP contribution in [0.1, 0.15) is 26.2 Å². The van der Waals surface area contributed by atoms with E-state index < -0.39 is 0 Å². The normalized spacial score (nSPS) is 12.1. The summed E-state index contributed by atoms with van der Waals surface area (Å²) in [6.07, 6.45) is 1.41. The predicted molar refractivity (Wildman–Crippen MR) is 82.8 cm³/mol. The number of carbonyl (C=O) groups excluding carboxylic acids is 1. The average molecular weight is 306 g/mol. The Bertz CT molecular complexity index is 690. The first-order valence-corrected chi connectivity index (χ1v) is 7.37. The van der Waals surface area contributed by atoms with Crippen LogP contribution in [0.2, 0.25) is 0 Å². The SMILES string of the molecule is COC(CNC(=O)c1cccn(C)c1=O)c1ccc(C)s1. The minimum atomic E-state index is -0.383. The number of methoxy groups -OCH3 is 1. The Morgan fingerprint density at radius 1 is 1.43 bits per heavy atom. The highest BCUT2D eigenvalue weighted by Crippen LogP contribution is 2.24. The number of thiophene rings is 1. The van der Waals surface area contributed by atoms with Gasteiger partial charge in [-0.1, -0.05) is 0 Å². The summed E-state index contributed by atoms with van der Waals surface area (Å²) in [5.74, 6) is -0.383. The van der Waals surface area contributed by atoms with E-state index in [1.165, 1.54) is 15.5 Å². The van der Waals surface area contributed by atoms with Crippen molar-refractivity contribution in [2.75, 3.05) is 13.7 Å². The number of aromatic nitrogens is 1. The van der Waals surface area contributed by atoms with Crippen LogP contribution in [0.4, 0.5) is 0 Å². The van der Waals surface area contributed by atoms with E-state index in [0.29, 0.717) is 6.54 Å². The van der Waals surface area contributed by atoms with Crippen molar-refractivity contribution in [1.82, 2.24) is 9.88 Å². The summed E-state index contributed by atoms with van der Waals surface area (Å²) in [5, 5.41) is 2.76. The Hall–Kier alpha value is -1.92. The van der Waals surface area contributed by atoms with Crippen molar-refractivity contribution in [2.24, 2.45) is 7.05 Å². The fourth-order valence-electron chi connectivity index (χ4n) is 1.98. The molecule has 0 fully saturated rings. The second-order valence-electron chi connectivity index (χ2n) is 4.72. The lowest BCUT2D eigenvalue weighted by atomic mass is 10.2. The van der Waals surface area contributed by atoms with E-state index in [2.05, 4.69) is 5.32 Å². The number of amides is 1. The fraction of sp³-hybridized carbons (Fsp3) is 0.333. The molecule has 112 valence electrons. The first kappa shape index (κ1) is 15.5. The van der Waals surface area contributed by atoms with Gasteiger partial charge < -0.3 is 14.6 Å². The molecular weight excluding hydrogens is 288 g/mol. The van der Waals surface area contributed by atoms with Crippen LogP contribution in [0, 0.1) is 6.92 Å². The highest BCUT2D eigenvalue weighted by Gasteiger charge is 2.16.